The van der Waals surface area contributed by atoms with Crippen molar-refractivity contribution in [1.82, 2.24) is 9.80 Å². The van der Waals surface area contributed by atoms with Crippen LogP contribution in [0, 0.1) is 0 Å². The van der Waals surface area contributed by atoms with Gasteiger partial charge < -0.3 is 20.6 Å². The second-order valence-corrected chi connectivity index (χ2v) is 4.34. The lowest BCUT2D eigenvalue weighted by molar-refractivity contribution is -0.138. The first-order valence-electron chi connectivity index (χ1n) is 5.94. The number of nitrogens with two attached hydrogens (primary N) is 1. The van der Waals surface area contributed by atoms with E-state index in [-0.39, 0.29) is 0 Å². The van der Waals surface area contributed by atoms with Gasteiger partial charge in [-0.05, 0) is 5.56 Å². The molecule has 20 heavy (non-hydrogen) atoms. The average molecular weight is 279 g/mol. The fourth-order valence-corrected chi connectivity index (χ4v) is 1.71. The molecule has 0 bridgehead atoms. The Morgan fingerprint density at radius 2 is 1.75 bits per heavy atom. The van der Waals surface area contributed by atoms with Gasteiger partial charge in [0.1, 0.15) is 13.1 Å². The second-order valence-electron chi connectivity index (χ2n) is 4.34. The molecule has 3 N–H and O–H groups in total. The smallest absolute Gasteiger partial charge is 0.323 e. The lowest BCUT2D eigenvalue weighted by Crippen LogP contribution is -2.47. The zero-order valence-electron chi connectivity index (χ0n) is 11.2. The van der Waals surface area contributed by atoms with Gasteiger partial charge in [0.2, 0.25) is 5.91 Å². The first kappa shape index (κ1) is 15.5. The number of carboxylic acid groups (broad SMARTS) is 1. The first-order valence-corrected chi connectivity index (χ1v) is 5.94. The van der Waals surface area contributed by atoms with Crippen LogP contribution in [0.3, 0.4) is 0 Å². The highest BCUT2D eigenvalue weighted by atomic mass is 16.4. The van der Waals surface area contributed by atoms with Crippen LogP contribution >= 0.6 is 0 Å². The predicted octanol–water partition coefficient (Wildman–Crippen LogP) is 0.110. The number of hydrogen-bond acceptors (Lipinski definition) is 3. The lowest BCUT2D eigenvalue weighted by atomic mass is 10.2. The number of primary amides is 1. The number of benzene rings is 1. The Morgan fingerprint density at radius 3 is 2.25 bits per heavy atom. The van der Waals surface area contributed by atoms with Crippen molar-refractivity contribution in [3.05, 3.63) is 35.9 Å². The molecule has 0 atom stereocenters. The number of aliphatic carboxylic acids is 1. The molecule has 0 aromatic heterocycles. The van der Waals surface area contributed by atoms with Crippen LogP contribution in [0.2, 0.25) is 0 Å². The summed E-state index contributed by atoms with van der Waals surface area (Å²) in [7, 11) is 1.53. The molecular weight excluding hydrogens is 262 g/mol. The minimum Gasteiger partial charge on any atom is -0.480 e. The van der Waals surface area contributed by atoms with E-state index in [9.17, 15) is 14.4 Å². The van der Waals surface area contributed by atoms with Gasteiger partial charge in [-0.1, -0.05) is 30.3 Å². The Balaban J connectivity index is 2.72. The van der Waals surface area contributed by atoms with E-state index in [1.807, 2.05) is 30.3 Å². The number of carbonyl (C=O) groups excluding carboxylic acids is 2. The van der Waals surface area contributed by atoms with Gasteiger partial charge in [-0.15, -0.1) is 0 Å². The van der Waals surface area contributed by atoms with Gasteiger partial charge in [-0.25, -0.2) is 4.79 Å². The monoisotopic (exact) mass is 279 g/mol. The van der Waals surface area contributed by atoms with Gasteiger partial charge in [0, 0.05) is 13.6 Å². The van der Waals surface area contributed by atoms with Crippen LogP contribution in [0.4, 0.5) is 4.79 Å². The van der Waals surface area contributed by atoms with Crippen molar-refractivity contribution in [3.8, 4) is 0 Å². The van der Waals surface area contributed by atoms with Crippen molar-refractivity contribution in [2.75, 3.05) is 20.1 Å². The number of urea groups is 1. The number of carbonyl (C=O) groups is 3. The Morgan fingerprint density at radius 1 is 1.15 bits per heavy atom. The molecule has 0 radical (unpaired) electrons. The van der Waals surface area contributed by atoms with Crippen molar-refractivity contribution >= 4 is 17.9 Å². The van der Waals surface area contributed by atoms with Crippen LogP contribution in [-0.4, -0.2) is 53.0 Å². The lowest BCUT2D eigenvalue weighted by Gasteiger charge is -2.26. The maximum atomic E-state index is 12.1. The molecule has 0 aliphatic rings. The number of carboxylic acids is 1. The third kappa shape index (κ3) is 4.97. The summed E-state index contributed by atoms with van der Waals surface area (Å²) in [5.74, 6) is -1.96. The van der Waals surface area contributed by atoms with Crippen LogP contribution in [0.5, 0.6) is 0 Å². The predicted molar refractivity (Wildman–Crippen MR) is 71.7 cm³/mol. The second kappa shape index (κ2) is 7.13. The van der Waals surface area contributed by atoms with Crippen molar-refractivity contribution in [2.45, 2.75) is 6.54 Å². The van der Waals surface area contributed by atoms with Crippen molar-refractivity contribution in [1.29, 1.82) is 0 Å². The van der Waals surface area contributed by atoms with E-state index in [1.54, 1.807) is 0 Å². The van der Waals surface area contributed by atoms with Gasteiger partial charge in [-0.2, -0.15) is 0 Å². The summed E-state index contributed by atoms with van der Waals surface area (Å²) in [6.45, 7) is -0.681. The summed E-state index contributed by atoms with van der Waals surface area (Å²) >= 11 is 0. The average Bonchev–Trinajstić information content (AvgIpc) is 2.37. The van der Waals surface area contributed by atoms with Crippen molar-refractivity contribution < 1.29 is 19.5 Å². The van der Waals surface area contributed by atoms with Crippen LogP contribution in [0.1, 0.15) is 5.56 Å². The molecule has 1 aromatic carbocycles. The molecule has 0 spiro atoms. The van der Waals surface area contributed by atoms with Crippen LogP contribution in [-0.2, 0) is 16.1 Å². The fourth-order valence-electron chi connectivity index (χ4n) is 1.71. The Bertz CT molecular complexity index is 474. The third-order valence-corrected chi connectivity index (χ3v) is 2.53. The minimum atomic E-state index is -1.20. The fraction of sp³-hybridized carbons (Fsp3) is 0.308. The van der Waals surface area contributed by atoms with Crippen molar-refractivity contribution in [3.63, 3.8) is 0 Å². The highest BCUT2D eigenvalue weighted by Crippen LogP contribution is 2.05. The quantitative estimate of drug-likeness (QED) is 0.771. The molecule has 0 heterocycles. The number of hydrogen-bond donors (Lipinski definition) is 2. The summed E-state index contributed by atoms with van der Waals surface area (Å²) < 4.78 is 0. The van der Waals surface area contributed by atoms with Gasteiger partial charge in [0.15, 0.2) is 0 Å². The summed E-state index contributed by atoms with van der Waals surface area (Å²) in [6.07, 6.45) is 0. The Hall–Kier alpha value is -2.57. The molecule has 1 rings (SSSR count). The molecule has 108 valence electrons. The van der Waals surface area contributed by atoms with Gasteiger partial charge >= 0.3 is 12.0 Å². The minimum absolute atomic E-state index is 0.314. The van der Waals surface area contributed by atoms with E-state index in [2.05, 4.69) is 0 Å². The van der Waals surface area contributed by atoms with Crippen molar-refractivity contribution in [2.24, 2.45) is 5.73 Å². The molecule has 1 aromatic rings. The zero-order chi connectivity index (χ0) is 15.1. The van der Waals surface area contributed by atoms with E-state index < -0.39 is 31.0 Å². The summed E-state index contributed by atoms with van der Waals surface area (Å²) in [6, 6.07) is 8.67. The molecule has 7 heteroatoms. The first-order chi connectivity index (χ1) is 9.40. The highest BCUT2D eigenvalue weighted by Gasteiger charge is 2.22. The van der Waals surface area contributed by atoms with E-state index >= 15 is 0 Å². The Kier molecular flexibility index (Phi) is 5.52. The molecule has 0 aliphatic carbocycles. The normalized spacial score (nSPS) is 9.85. The Labute approximate surface area is 116 Å². The summed E-state index contributed by atoms with van der Waals surface area (Å²) in [5, 5.41) is 8.75. The highest BCUT2D eigenvalue weighted by molar-refractivity contribution is 5.85. The number of amides is 3. The molecule has 0 fully saturated rings. The number of rotatable bonds is 6. The largest absolute Gasteiger partial charge is 0.480 e. The molecule has 0 unspecified atom stereocenters. The van der Waals surface area contributed by atoms with E-state index in [0.29, 0.717) is 6.54 Å². The van der Waals surface area contributed by atoms with Crippen LogP contribution in [0.15, 0.2) is 30.3 Å². The summed E-state index contributed by atoms with van der Waals surface area (Å²) in [5.41, 5.74) is 5.92. The van der Waals surface area contributed by atoms with Gasteiger partial charge in [0.05, 0.1) is 0 Å². The van der Waals surface area contributed by atoms with Crippen LogP contribution in [0.25, 0.3) is 0 Å². The SMILES string of the molecule is CN(Cc1ccccc1)C(=O)N(CC(N)=O)CC(=O)O. The molecule has 0 aliphatic heterocycles. The van der Waals surface area contributed by atoms with E-state index in [1.165, 1.54) is 11.9 Å². The molecule has 0 saturated heterocycles. The summed E-state index contributed by atoms with van der Waals surface area (Å²) in [4.78, 5) is 35.9. The maximum Gasteiger partial charge on any atom is 0.323 e. The number of nitrogens with zero attached hydrogens (tertiary/aromatic N) is 2. The maximum absolute atomic E-state index is 12.1. The molecule has 3 amide bonds. The van der Waals surface area contributed by atoms with Gasteiger partial charge in [-0.3, -0.25) is 9.59 Å². The molecule has 7 nitrogen and oxygen atoms in total. The van der Waals surface area contributed by atoms with Crippen LogP contribution < -0.4 is 5.73 Å². The third-order valence-electron chi connectivity index (χ3n) is 2.53. The topological polar surface area (TPSA) is 104 Å². The molecular formula is C13H17N3O4. The zero-order valence-corrected chi connectivity index (χ0v) is 11.2. The molecule has 0 saturated carbocycles. The van der Waals surface area contributed by atoms with Gasteiger partial charge in [0.25, 0.3) is 0 Å². The van der Waals surface area contributed by atoms with E-state index in [0.717, 1.165) is 10.5 Å². The standard InChI is InChI=1S/C13H17N3O4/c1-15(7-10-5-3-2-4-6-10)13(20)16(8-11(14)17)9-12(18)19/h2-6H,7-9H2,1H3,(H2,14,17)(H,18,19). The van der Waals surface area contributed by atoms with E-state index in [4.69, 9.17) is 10.8 Å².